The molecule has 0 spiro atoms. The number of hydrogen-bond acceptors (Lipinski definition) is 6. The highest BCUT2D eigenvalue weighted by Gasteiger charge is 2.28. The van der Waals surface area contributed by atoms with Crippen LogP contribution in [0.2, 0.25) is 0 Å². The summed E-state index contributed by atoms with van der Waals surface area (Å²) in [5.74, 6) is 0.974. The van der Waals surface area contributed by atoms with Gasteiger partial charge in [-0.05, 0) is 57.2 Å². The van der Waals surface area contributed by atoms with E-state index >= 15 is 0 Å². The van der Waals surface area contributed by atoms with Crippen molar-refractivity contribution in [1.82, 2.24) is 9.88 Å². The van der Waals surface area contributed by atoms with Gasteiger partial charge in [-0.2, -0.15) is 4.72 Å². The summed E-state index contributed by atoms with van der Waals surface area (Å²) in [5.41, 5.74) is 0.746. The number of aromatic nitrogens is 1. The normalized spacial score (nSPS) is 12.4. The van der Waals surface area contributed by atoms with Gasteiger partial charge in [-0.1, -0.05) is 23.4 Å². The molecule has 0 saturated heterocycles. The van der Waals surface area contributed by atoms with Crippen molar-refractivity contribution < 1.29 is 22.5 Å². The first-order valence-corrected chi connectivity index (χ1v) is 10.3. The van der Waals surface area contributed by atoms with E-state index in [1.54, 1.807) is 24.3 Å². The number of hydrogen-bond donors (Lipinski definition) is 2. The summed E-state index contributed by atoms with van der Waals surface area (Å²) in [7, 11) is -3.94. The van der Waals surface area contributed by atoms with E-state index in [2.05, 4.69) is 15.2 Å². The van der Waals surface area contributed by atoms with Crippen LogP contribution in [-0.4, -0.2) is 25.5 Å². The fraction of sp³-hybridized carbons (Fsp3) is 0.200. The Morgan fingerprint density at radius 3 is 2.24 bits per heavy atom. The lowest BCUT2D eigenvalue weighted by molar-refractivity contribution is -0.117. The van der Waals surface area contributed by atoms with E-state index < -0.39 is 22.0 Å². The minimum Gasteiger partial charge on any atom is -0.457 e. The van der Waals surface area contributed by atoms with Crippen LogP contribution >= 0.6 is 0 Å². The number of carbonyl (C=O) groups excluding carboxylic acids is 1. The second kappa shape index (κ2) is 8.46. The number of ether oxygens (including phenoxy) is 1. The van der Waals surface area contributed by atoms with Crippen LogP contribution in [0.15, 0.2) is 64.0 Å². The highest BCUT2D eigenvalue weighted by Crippen LogP contribution is 2.23. The van der Waals surface area contributed by atoms with Crippen molar-refractivity contribution in [2.24, 2.45) is 0 Å². The van der Waals surface area contributed by atoms with Crippen LogP contribution in [-0.2, 0) is 14.8 Å². The predicted octanol–water partition coefficient (Wildman–Crippen LogP) is 3.39. The molecule has 0 saturated carbocycles. The Bertz CT molecular complexity index is 1070. The van der Waals surface area contributed by atoms with Gasteiger partial charge >= 0.3 is 0 Å². The Morgan fingerprint density at radius 2 is 1.66 bits per heavy atom. The van der Waals surface area contributed by atoms with E-state index in [0.717, 1.165) is 0 Å². The standard InChI is InChI=1S/C20H21N3O5S/c1-13-19(15(3)28-22-13)29(25,26)23-14(2)20(24)21-16-9-11-18(12-10-16)27-17-7-5-4-6-8-17/h4-12,14,23H,1-3H3,(H,21,24)/t14-/m1/s1. The molecule has 0 aliphatic carbocycles. The molecule has 0 radical (unpaired) electrons. The molecule has 1 amide bonds. The van der Waals surface area contributed by atoms with Gasteiger partial charge in [0, 0.05) is 5.69 Å². The lowest BCUT2D eigenvalue weighted by Gasteiger charge is -2.14. The van der Waals surface area contributed by atoms with Gasteiger partial charge < -0.3 is 14.6 Å². The van der Waals surface area contributed by atoms with Crippen LogP contribution < -0.4 is 14.8 Å². The van der Waals surface area contributed by atoms with E-state index in [1.807, 2.05) is 30.3 Å². The molecule has 0 unspecified atom stereocenters. The average molecular weight is 415 g/mol. The van der Waals surface area contributed by atoms with E-state index in [4.69, 9.17) is 9.26 Å². The summed E-state index contributed by atoms with van der Waals surface area (Å²) in [6, 6.07) is 15.1. The summed E-state index contributed by atoms with van der Waals surface area (Å²) in [5, 5.41) is 6.30. The quantitative estimate of drug-likeness (QED) is 0.612. The number of rotatable bonds is 7. The van der Waals surface area contributed by atoms with Gasteiger partial charge in [0.15, 0.2) is 5.76 Å². The molecule has 29 heavy (non-hydrogen) atoms. The third kappa shape index (κ3) is 5.01. The molecular formula is C20H21N3O5S. The Hall–Kier alpha value is -3.17. The smallest absolute Gasteiger partial charge is 0.246 e. The molecule has 2 aromatic carbocycles. The van der Waals surface area contributed by atoms with Crippen LogP contribution in [0, 0.1) is 13.8 Å². The van der Waals surface area contributed by atoms with Crippen LogP contribution in [0.1, 0.15) is 18.4 Å². The number of amides is 1. The van der Waals surface area contributed by atoms with E-state index in [9.17, 15) is 13.2 Å². The fourth-order valence-corrected chi connectivity index (χ4v) is 4.22. The minimum absolute atomic E-state index is 0.0560. The maximum atomic E-state index is 12.5. The molecule has 1 heterocycles. The summed E-state index contributed by atoms with van der Waals surface area (Å²) in [6.07, 6.45) is 0. The molecule has 1 aromatic heterocycles. The van der Waals surface area contributed by atoms with Crippen LogP contribution in [0.3, 0.4) is 0 Å². The number of nitrogens with zero attached hydrogens (tertiary/aromatic N) is 1. The fourth-order valence-electron chi connectivity index (χ4n) is 2.68. The lowest BCUT2D eigenvalue weighted by Crippen LogP contribution is -2.41. The van der Waals surface area contributed by atoms with Gasteiger partial charge in [0.05, 0.1) is 6.04 Å². The SMILES string of the molecule is Cc1noc(C)c1S(=O)(=O)N[C@H](C)C(=O)Nc1ccc(Oc2ccccc2)cc1. The molecule has 0 bridgehead atoms. The first-order valence-electron chi connectivity index (χ1n) is 8.85. The zero-order chi connectivity index (χ0) is 21.0. The molecule has 0 aliphatic heterocycles. The molecule has 0 fully saturated rings. The summed E-state index contributed by atoms with van der Waals surface area (Å²) in [4.78, 5) is 12.3. The average Bonchev–Trinajstić information content (AvgIpc) is 3.03. The van der Waals surface area contributed by atoms with Crippen LogP contribution in [0.5, 0.6) is 11.5 Å². The highest BCUT2D eigenvalue weighted by molar-refractivity contribution is 7.89. The number of aryl methyl sites for hydroxylation is 2. The van der Waals surface area contributed by atoms with E-state index in [1.165, 1.54) is 20.8 Å². The predicted molar refractivity (Wildman–Crippen MR) is 107 cm³/mol. The summed E-state index contributed by atoms with van der Waals surface area (Å²) >= 11 is 0. The van der Waals surface area contributed by atoms with Crippen molar-refractivity contribution in [2.75, 3.05) is 5.32 Å². The van der Waals surface area contributed by atoms with Gasteiger partial charge in [0.2, 0.25) is 15.9 Å². The molecule has 0 aliphatic rings. The second-order valence-electron chi connectivity index (χ2n) is 6.43. The van der Waals surface area contributed by atoms with Crippen LogP contribution in [0.25, 0.3) is 0 Å². The molecule has 8 nitrogen and oxygen atoms in total. The van der Waals surface area contributed by atoms with Crippen molar-refractivity contribution in [2.45, 2.75) is 31.7 Å². The zero-order valence-electron chi connectivity index (χ0n) is 16.2. The second-order valence-corrected chi connectivity index (χ2v) is 8.08. The lowest BCUT2D eigenvalue weighted by atomic mass is 10.2. The first kappa shape index (κ1) is 20.6. The Labute approximate surface area is 168 Å². The third-order valence-electron chi connectivity index (χ3n) is 4.06. The number of benzene rings is 2. The van der Waals surface area contributed by atoms with Gasteiger partial charge in [0.1, 0.15) is 22.1 Å². The van der Waals surface area contributed by atoms with Crippen molar-refractivity contribution in [1.29, 1.82) is 0 Å². The Morgan fingerprint density at radius 1 is 1.03 bits per heavy atom. The monoisotopic (exact) mass is 415 g/mol. The minimum atomic E-state index is -3.94. The van der Waals surface area contributed by atoms with Crippen molar-refractivity contribution >= 4 is 21.6 Å². The molecule has 9 heteroatoms. The maximum Gasteiger partial charge on any atom is 0.246 e. The van der Waals surface area contributed by atoms with Crippen molar-refractivity contribution in [3.05, 3.63) is 66.1 Å². The zero-order valence-corrected chi connectivity index (χ0v) is 17.0. The number of carbonyl (C=O) groups is 1. The molecule has 3 aromatic rings. The number of anilines is 1. The first-order chi connectivity index (χ1) is 13.8. The molecule has 3 rings (SSSR count). The van der Waals surface area contributed by atoms with Gasteiger partial charge in [0.25, 0.3) is 0 Å². The van der Waals surface area contributed by atoms with E-state index in [-0.39, 0.29) is 16.3 Å². The highest BCUT2D eigenvalue weighted by atomic mass is 32.2. The third-order valence-corrected chi connectivity index (χ3v) is 5.85. The van der Waals surface area contributed by atoms with Gasteiger partial charge in [-0.25, -0.2) is 8.42 Å². The molecule has 1 atom stereocenters. The van der Waals surface area contributed by atoms with Crippen molar-refractivity contribution in [3.8, 4) is 11.5 Å². The largest absolute Gasteiger partial charge is 0.457 e. The summed E-state index contributed by atoms with van der Waals surface area (Å²) in [6.45, 7) is 4.48. The van der Waals surface area contributed by atoms with Gasteiger partial charge in [-0.3, -0.25) is 4.79 Å². The molecule has 2 N–H and O–H groups in total. The molecule has 152 valence electrons. The molecular weight excluding hydrogens is 394 g/mol. The Kier molecular flexibility index (Phi) is 6.00. The van der Waals surface area contributed by atoms with Gasteiger partial charge in [-0.15, -0.1) is 0 Å². The number of para-hydroxylation sites is 1. The topological polar surface area (TPSA) is 111 Å². The Balaban J connectivity index is 1.62. The number of nitrogens with one attached hydrogen (secondary N) is 2. The summed E-state index contributed by atoms with van der Waals surface area (Å²) < 4.78 is 38.0. The number of sulfonamides is 1. The van der Waals surface area contributed by atoms with E-state index in [0.29, 0.717) is 17.2 Å². The van der Waals surface area contributed by atoms with Crippen LogP contribution in [0.4, 0.5) is 5.69 Å². The maximum absolute atomic E-state index is 12.5. The van der Waals surface area contributed by atoms with Crippen molar-refractivity contribution in [3.63, 3.8) is 0 Å².